The number of unbranched alkanes of at least 4 members (excludes halogenated alkanes) is 2. The van der Waals surface area contributed by atoms with Crippen molar-refractivity contribution in [3.63, 3.8) is 0 Å². The van der Waals surface area contributed by atoms with Gasteiger partial charge < -0.3 is 23.4 Å². The van der Waals surface area contributed by atoms with Crippen LogP contribution in [-0.2, 0) is 23.1 Å². The summed E-state index contributed by atoms with van der Waals surface area (Å²) in [4.78, 5) is 13.2. The number of carbonyl (C=O) groups excluding carboxylic acids is 1. The van der Waals surface area contributed by atoms with Gasteiger partial charge in [-0.3, -0.25) is 4.79 Å². The van der Waals surface area contributed by atoms with Gasteiger partial charge in [0.1, 0.15) is 5.78 Å². The number of ketones is 1. The van der Waals surface area contributed by atoms with E-state index in [2.05, 4.69) is 122 Å². The predicted octanol–water partition coefficient (Wildman–Crippen LogP) is 8.16. The second-order valence-corrected chi connectivity index (χ2v) is 25.1. The fourth-order valence-electron chi connectivity index (χ4n) is 6.35. The Morgan fingerprint density at radius 3 is 1.94 bits per heavy atom. The summed E-state index contributed by atoms with van der Waals surface area (Å²) >= 11 is 0. The first-order chi connectivity index (χ1) is 22.1. The van der Waals surface area contributed by atoms with Crippen molar-refractivity contribution in [3.05, 3.63) is 60.7 Å². The largest absolute Gasteiger partial charge is 0.417 e. The van der Waals surface area contributed by atoms with Crippen molar-refractivity contribution in [2.75, 3.05) is 13.2 Å². The maximum atomic E-state index is 13.2. The highest BCUT2D eigenvalue weighted by Crippen LogP contribution is 2.38. The van der Waals surface area contributed by atoms with Crippen LogP contribution >= 0.6 is 0 Å². The van der Waals surface area contributed by atoms with Gasteiger partial charge in [0.15, 0.2) is 14.6 Å². The first kappa shape index (κ1) is 39.8. The van der Waals surface area contributed by atoms with Gasteiger partial charge in [-0.1, -0.05) is 122 Å². The smallest absolute Gasteiger partial charge is 0.261 e. The molecule has 264 valence electrons. The van der Waals surface area contributed by atoms with Gasteiger partial charge >= 0.3 is 0 Å². The minimum Gasteiger partial charge on any atom is -0.417 e. The van der Waals surface area contributed by atoms with Gasteiger partial charge in [-0.25, -0.2) is 0 Å². The molecule has 3 rings (SSSR count). The van der Waals surface area contributed by atoms with Crippen molar-refractivity contribution in [1.82, 2.24) is 0 Å². The summed E-state index contributed by atoms with van der Waals surface area (Å²) in [6.45, 7) is 21.2. The van der Waals surface area contributed by atoms with Crippen LogP contribution in [0.25, 0.3) is 0 Å². The molecule has 1 fully saturated rings. The quantitative estimate of drug-likeness (QED) is 0.126. The van der Waals surface area contributed by atoms with Crippen LogP contribution in [0.1, 0.15) is 106 Å². The first-order valence-electron chi connectivity index (χ1n) is 18.0. The minimum absolute atomic E-state index is 0.0337. The van der Waals surface area contributed by atoms with Crippen LogP contribution in [0.5, 0.6) is 0 Å². The zero-order chi connectivity index (χ0) is 34.7. The van der Waals surface area contributed by atoms with Crippen molar-refractivity contribution in [2.45, 2.75) is 154 Å². The van der Waals surface area contributed by atoms with E-state index in [1.54, 1.807) is 0 Å². The van der Waals surface area contributed by atoms with Crippen LogP contribution in [0, 0.1) is 0 Å². The third kappa shape index (κ3) is 11.4. The van der Waals surface area contributed by atoms with Gasteiger partial charge in [-0.05, 0) is 59.2 Å². The number of hydrogen-bond acceptors (Lipinski definition) is 6. The molecule has 1 aliphatic rings. The van der Waals surface area contributed by atoms with Crippen LogP contribution in [0.15, 0.2) is 60.7 Å². The Labute approximate surface area is 288 Å². The zero-order valence-corrected chi connectivity index (χ0v) is 32.8. The average molecular weight is 685 g/mol. The van der Waals surface area contributed by atoms with Crippen LogP contribution in [0.2, 0.25) is 23.2 Å². The molecule has 47 heavy (non-hydrogen) atoms. The van der Waals surface area contributed by atoms with Gasteiger partial charge in [0.2, 0.25) is 0 Å². The van der Waals surface area contributed by atoms with E-state index in [1.165, 1.54) is 10.4 Å². The van der Waals surface area contributed by atoms with Crippen molar-refractivity contribution in [3.8, 4) is 0 Å². The lowest BCUT2D eigenvalue weighted by molar-refractivity contribution is -0.247. The van der Waals surface area contributed by atoms with Crippen molar-refractivity contribution >= 4 is 32.8 Å². The maximum Gasteiger partial charge on any atom is 0.261 e. The first-order valence-corrected chi connectivity index (χ1v) is 22.8. The number of carbonyl (C=O) groups is 1. The van der Waals surface area contributed by atoms with Gasteiger partial charge in [0, 0.05) is 32.5 Å². The molecule has 0 radical (unpaired) electrons. The number of aliphatic hydroxyl groups excluding tert-OH is 1. The van der Waals surface area contributed by atoms with Gasteiger partial charge in [0.25, 0.3) is 8.32 Å². The molecule has 2 aromatic rings. The van der Waals surface area contributed by atoms with Crippen LogP contribution in [0.4, 0.5) is 0 Å². The number of Topliss-reactive ketones (excluding diaryl/α,β-unsaturated/α-hetero) is 1. The van der Waals surface area contributed by atoms with Crippen molar-refractivity contribution in [1.29, 1.82) is 0 Å². The van der Waals surface area contributed by atoms with E-state index in [-0.39, 0.29) is 40.8 Å². The molecular formula is C39H64O6Si2. The van der Waals surface area contributed by atoms with Gasteiger partial charge in [0.05, 0.1) is 18.3 Å². The fourth-order valence-corrected chi connectivity index (χ4v) is 12.0. The second kappa shape index (κ2) is 17.8. The van der Waals surface area contributed by atoms with E-state index in [4.69, 9.17) is 18.3 Å². The van der Waals surface area contributed by atoms with E-state index in [0.29, 0.717) is 32.5 Å². The molecule has 2 aromatic carbocycles. The molecule has 0 amide bonds. The summed E-state index contributed by atoms with van der Waals surface area (Å²) in [5.74, 6) is 0.0337. The second-order valence-electron chi connectivity index (χ2n) is 16.0. The molecule has 0 aliphatic carbocycles. The standard InChI is InChI=1S/C39H64O6Si2/c1-10-11-14-23-37-44-33(30-34(45-37)29-32(41)28-31(40)24-26-42-46(8,9)38(2,3)4)25-27-43-47(39(5,6)7,35-19-15-12-16-20-35)36-21-17-13-18-22-36/h12-13,15-22,31,33-34,37,40H,10-11,14,23-30H2,1-9H3/t31-,33-,34+,37-/m1/s1. The Kier molecular flexibility index (Phi) is 15.1. The summed E-state index contributed by atoms with van der Waals surface area (Å²) < 4.78 is 26.2. The molecule has 0 unspecified atom stereocenters. The highest BCUT2D eigenvalue weighted by Gasteiger charge is 2.50. The molecule has 0 saturated carbocycles. The predicted molar refractivity (Wildman–Crippen MR) is 198 cm³/mol. The van der Waals surface area contributed by atoms with E-state index >= 15 is 0 Å². The third-order valence-corrected chi connectivity index (χ3v) is 19.7. The molecule has 6 nitrogen and oxygen atoms in total. The number of ether oxygens (including phenoxy) is 2. The summed E-state index contributed by atoms with van der Waals surface area (Å²) in [6.07, 6.45) is 5.04. The van der Waals surface area contributed by atoms with Crippen molar-refractivity contribution < 1.29 is 28.2 Å². The molecule has 1 saturated heterocycles. The molecule has 1 N–H and O–H groups in total. The van der Waals surface area contributed by atoms with E-state index in [0.717, 1.165) is 32.1 Å². The summed E-state index contributed by atoms with van der Waals surface area (Å²) in [5.41, 5.74) is 0. The third-order valence-electron chi connectivity index (χ3n) is 10.1. The number of rotatable bonds is 18. The van der Waals surface area contributed by atoms with E-state index in [1.807, 2.05) is 0 Å². The molecule has 1 heterocycles. The Balaban J connectivity index is 1.66. The topological polar surface area (TPSA) is 74.2 Å². The van der Waals surface area contributed by atoms with Gasteiger partial charge in [-0.15, -0.1) is 0 Å². The fraction of sp³-hybridized carbons (Fsp3) is 0.667. The molecule has 1 aliphatic heterocycles. The average Bonchev–Trinajstić information content (AvgIpc) is 2.99. The van der Waals surface area contributed by atoms with Crippen molar-refractivity contribution in [2.24, 2.45) is 0 Å². The van der Waals surface area contributed by atoms with Crippen LogP contribution < -0.4 is 10.4 Å². The van der Waals surface area contributed by atoms with E-state index < -0.39 is 22.7 Å². The van der Waals surface area contributed by atoms with E-state index in [9.17, 15) is 9.90 Å². The molecule has 8 heteroatoms. The Hall–Kier alpha value is -1.66. The SMILES string of the molecule is CCCCC[C@@H]1O[C@H](CCO[Si](c2ccccc2)(c2ccccc2)C(C)(C)C)C[C@H](CC(=O)C[C@H](O)CCO[Si](C)(C)C(C)(C)C)O1. The monoisotopic (exact) mass is 684 g/mol. The summed E-state index contributed by atoms with van der Waals surface area (Å²) in [5, 5.41) is 13.2. The lowest BCUT2D eigenvalue weighted by Crippen LogP contribution is -2.66. The van der Waals surface area contributed by atoms with Crippen LogP contribution in [0.3, 0.4) is 0 Å². The maximum absolute atomic E-state index is 13.2. The molecule has 0 spiro atoms. The molecule has 4 atom stereocenters. The highest BCUT2D eigenvalue weighted by atomic mass is 28.4. The molecule has 0 bridgehead atoms. The Morgan fingerprint density at radius 1 is 0.830 bits per heavy atom. The lowest BCUT2D eigenvalue weighted by Gasteiger charge is -2.43. The summed E-state index contributed by atoms with van der Waals surface area (Å²) in [7, 11) is -4.54. The normalized spacial score (nSPS) is 20.3. The number of aliphatic hydroxyl groups is 1. The van der Waals surface area contributed by atoms with Gasteiger partial charge in [-0.2, -0.15) is 0 Å². The number of hydrogen-bond donors (Lipinski definition) is 1. The molecule has 0 aromatic heterocycles. The summed E-state index contributed by atoms with van der Waals surface area (Å²) in [6, 6.07) is 21.4. The minimum atomic E-state index is -2.65. The Bertz CT molecular complexity index is 1150. The highest BCUT2D eigenvalue weighted by molar-refractivity contribution is 6.99. The molecular weight excluding hydrogens is 621 g/mol. The van der Waals surface area contributed by atoms with Crippen LogP contribution in [-0.4, -0.2) is 65.3 Å². The zero-order valence-electron chi connectivity index (χ0n) is 30.8. The lowest BCUT2D eigenvalue weighted by atomic mass is 9.99. The Morgan fingerprint density at radius 2 is 1.40 bits per heavy atom. The number of benzene rings is 2.